The van der Waals surface area contributed by atoms with E-state index in [0.29, 0.717) is 30.6 Å². The van der Waals surface area contributed by atoms with Gasteiger partial charge in [-0.05, 0) is 102 Å². The lowest BCUT2D eigenvalue weighted by Crippen LogP contribution is -2.43. The summed E-state index contributed by atoms with van der Waals surface area (Å²) in [7, 11) is -2.12. The lowest BCUT2D eigenvalue weighted by atomic mass is 10.0. The number of thiazole rings is 1. The number of benzene rings is 1. The number of ether oxygens (including phenoxy) is 2. The Labute approximate surface area is 328 Å². The van der Waals surface area contributed by atoms with Gasteiger partial charge < -0.3 is 24.1 Å². The topological polar surface area (TPSA) is 129 Å². The summed E-state index contributed by atoms with van der Waals surface area (Å²) in [6.45, 7) is 21.7. The van der Waals surface area contributed by atoms with Crippen molar-refractivity contribution in [1.29, 1.82) is 0 Å². The van der Waals surface area contributed by atoms with Crippen LogP contribution in [0.2, 0.25) is 18.1 Å². The van der Waals surface area contributed by atoms with Crippen molar-refractivity contribution in [1.82, 2.24) is 35.0 Å². The van der Waals surface area contributed by atoms with E-state index in [4.69, 9.17) is 38.9 Å². The van der Waals surface area contributed by atoms with Gasteiger partial charge in [-0.2, -0.15) is 5.10 Å². The Morgan fingerprint density at radius 2 is 1.87 bits per heavy atom. The van der Waals surface area contributed by atoms with Crippen LogP contribution in [0.3, 0.4) is 0 Å². The number of rotatable bonds is 8. The minimum atomic E-state index is -2.12. The molecule has 4 atom stereocenters. The maximum Gasteiger partial charge on any atom is 0.407 e. The van der Waals surface area contributed by atoms with E-state index in [-0.39, 0.29) is 16.7 Å². The van der Waals surface area contributed by atoms with Gasteiger partial charge in [0.25, 0.3) is 8.32 Å². The van der Waals surface area contributed by atoms with E-state index in [0.717, 1.165) is 88.7 Å². The van der Waals surface area contributed by atoms with Crippen molar-refractivity contribution in [2.24, 2.45) is 11.8 Å². The fraction of sp³-hybridized carbons (Fsp3) is 0.561. The first-order chi connectivity index (χ1) is 26.1. The zero-order valence-electron chi connectivity index (χ0n) is 33.6. The zero-order valence-corrected chi connectivity index (χ0v) is 35.4. The standard InChI is InChI=1S/C41H54N8O4SSi/c1-25-23-54-37(45-25)41(24-44-38(50)52-39(2,3)4)28-17-19-48(22-29(28)41)31-21-43-35-34(47-49(36(35)46-31)32-14-10-11-20-51-32)27-15-16-30(33-26(27)13-12-18-42-33)53-55(8,9)40(5,6)7/h12-13,15-16,18,21,23,28-29,32H,10-11,14,17,19-20,22,24H2,1-9H3,(H,44,50)/t28-,29+,32?,41+/m1/s1. The Hall–Kier alpha value is -4.14. The number of aromatic nitrogens is 6. The first-order valence-corrected chi connectivity index (χ1v) is 23.4. The van der Waals surface area contributed by atoms with Gasteiger partial charge in [0.1, 0.15) is 38.9 Å². The fourth-order valence-electron chi connectivity index (χ4n) is 8.15. The number of hydrogen-bond donors (Lipinski definition) is 1. The number of amides is 1. The van der Waals surface area contributed by atoms with Crippen molar-refractivity contribution in [2.45, 2.75) is 110 Å². The Morgan fingerprint density at radius 3 is 2.58 bits per heavy atom. The third kappa shape index (κ3) is 6.98. The number of aryl methyl sites for hydroxylation is 1. The van der Waals surface area contributed by atoms with Crippen molar-refractivity contribution in [3.8, 4) is 17.0 Å². The van der Waals surface area contributed by atoms with Crippen molar-refractivity contribution in [3.63, 3.8) is 0 Å². The molecule has 2 saturated heterocycles. The largest absolute Gasteiger partial charge is 0.542 e. The molecule has 3 aliphatic rings. The summed E-state index contributed by atoms with van der Waals surface area (Å²) in [5.74, 6) is 2.31. The molecule has 12 nitrogen and oxygen atoms in total. The monoisotopic (exact) mass is 782 g/mol. The van der Waals surface area contributed by atoms with Crippen molar-refractivity contribution < 1.29 is 18.7 Å². The number of alkyl carbamates (subject to hydrolysis) is 1. The van der Waals surface area contributed by atoms with Gasteiger partial charge in [0.2, 0.25) is 0 Å². The number of hydrogen-bond acceptors (Lipinski definition) is 11. The van der Waals surface area contributed by atoms with Gasteiger partial charge in [0.15, 0.2) is 11.9 Å². The van der Waals surface area contributed by atoms with Gasteiger partial charge >= 0.3 is 6.09 Å². The van der Waals surface area contributed by atoms with Crippen LogP contribution in [0, 0.1) is 18.8 Å². The summed E-state index contributed by atoms with van der Waals surface area (Å²) in [5, 5.41) is 12.5. The number of fused-ring (bicyclic) bond motifs is 3. The van der Waals surface area contributed by atoms with E-state index in [2.05, 4.69) is 61.6 Å². The van der Waals surface area contributed by atoms with E-state index < -0.39 is 20.0 Å². The summed E-state index contributed by atoms with van der Waals surface area (Å²) in [4.78, 5) is 35.4. The average molecular weight is 783 g/mol. The molecule has 0 radical (unpaired) electrons. The first-order valence-electron chi connectivity index (χ1n) is 19.6. The van der Waals surface area contributed by atoms with E-state index >= 15 is 0 Å². The molecule has 1 N–H and O–H groups in total. The maximum absolute atomic E-state index is 12.8. The molecular formula is C41H54N8O4SSi. The van der Waals surface area contributed by atoms with E-state index in [1.54, 1.807) is 11.3 Å². The van der Waals surface area contributed by atoms with Crippen LogP contribution in [0.1, 0.15) is 84.2 Å². The Kier molecular flexibility index (Phi) is 9.48. The molecule has 1 amide bonds. The van der Waals surface area contributed by atoms with E-state index in [9.17, 15) is 4.79 Å². The SMILES string of the molecule is Cc1csc([C@@]2(CNC(=O)OC(C)(C)C)[C@@H]3CCN(c4cnc5c(-c6ccc(O[Si](C)(C)C(C)(C)C)c7ncccc67)nn(C6CCCCO6)c5n4)C[C@@H]32)n1. The van der Waals surface area contributed by atoms with Gasteiger partial charge in [0, 0.05) is 59.9 Å². The lowest BCUT2D eigenvalue weighted by molar-refractivity contribution is -0.0368. The third-order valence-corrected chi connectivity index (χ3v) is 17.6. The molecule has 3 fully saturated rings. The number of anilines is 1. The Bertz CT molecular complexity index is 2240. The molecule has 292 valence electrons. The lowest BCUT2D eigenvalue weighted by Gasteiger charge is -2.36. The van der Waals surface area contributed by atoms with Crippen LogP contribution in [0.25, 0.3) is 33.3 Å². The van der Waals surface area contributed by atoms with Crippen LogP contribution >= 0.6 is 11.3 Å². The predicted octanol–water partition coefficient (Wildman–Crippen LogP) is 8.81. The molecule has 14 heteroatoms. The van der Waals surface area contributed by atoms with Crippen molar-refractivity contribution in [2.75, 3.05) is 31.1 Å². The van der Waals surface area contributed by atoms with Crippen LogP contribution in [-0.2, 0) is 14.9 Å². The molecular weight excluding hydrogens is 729 g/mol. The van der Waals surface area contributed by atoms with Gasteiger partial charge in [-0.25, -0.2) is 24.4 Å². The van der Waals surface area contributed by atoms with E-state index in [1.165, 1.54) is 0 Å². The highest BCUT2D eigenvalue weighted by atomic mass is 32.1. The fourth-order valence-corrected chi connectivity index (χ4v) is 10.3. The van der Waals surface area contributed by atoms with Crippen LogP contribution in [0.5, 0.6) is 5.75 Å². The Morgan fingerprint density at radius 1 is 1.05 bits per heavy atom. The number of carbonyl (C=O) groups is 1. The van der Waals surface area contributed by atoms with Crippen LogP contribution in [-0.4, -0.2) is 76.0 Å². The summed E-state index contributed by atoms with van der Waals surface area (Å²) in [6.07, 6.45) is 7.00. The first kappa shape index (κ1) is 37.8. The number of nitrogens with zero attached hydrogens (tertiary/aromatic N) is 7. The number of nitrogens with one attached hydrogen (secondary N) is 1. The minimum Gasteiger partial charge on any atom is -0.542 e. The molecule has 4 aromatic heterocycles. The highest BCUT2D eigenvalue weighted by molar-refractivity contribution is 7.09. The summed E-state index contributed by atoms with van der Waals surface area (Å²) >= 11 is 1.69. The predicted molar refractivity (Wildman–Crippen MR) is 219 cm³/mol. The molecule has 6 heterocycles. The second-order valence-corrected chi connectivity index (χ2v) is 23.6. The molecule has 5 aromatic rings. The molecule has 1 unspecified atom stereocenters. The van der Waals surface area contributed by atoms with Gasteiger partial charge in [0.05, 0.1) is 6.20 Å². The highest BCUT2D eigenvalue weighted by Crippen LogP contribution is 2.64. The molecule has 1 saturated carbocycles. The molecule has 2 aliphatic heterocycles. The zero-order chi connectivity index (χ0) is 38.9. The molecule has 8 rings (SSSR count). The average Bonchev–Trinajstić information content (AvgIpc) is 3.35. The quantitative estimate of drug-likeness (QED) is 0.153. The molecule has 0 spiro atoms. The summed E-state index contributed by atoms with van der Waals surface area (Å²) in [6, 6.07) is 8.20. The number of pyridine rings is 1. The Balaban J connectivity index is 1.14. The summed E-state index contributed by atoms with van der Waals surface area (Å²) < 4.78 is 20.7. The number of piperidine rings is 1. The van der Waals surface area contributed by atoms with E-state index in [1.807, 2.05) is 56.9 Å². The van der Waals surface area contributed by atoms with Crippen LogP contribution < -0.4 is 14.6 Å². The normalized spacial score (nSPS) is 23.1. The van der Waals surface area contributed by atoms with Crippen molar-refractivity contribution >= 4 is 53.6 Å². The molecule has 0 bridgehead atoms. The molecule has 55 heavy (non-hydrogen) atoms. The van der Waals surface area contributed by atoms with Crippen molar-refractivity contribution in [3.05, 3.63) is 52.7 Å². The van der Waals surface area contributed by atoms with Crippen LogP contribution in [0.15, 0.2) is 42.0 Å². The highest BCUT2D eigenvalue weighted by Gasteiger charge is 2.68. The maximum atomic E-state index is 12.8. The second-order valence-electron chi connectivity index (χ2n) is 18.0. The minimum absolute atomic E-state index is 0.0438. The molecule has 1 aliphatic carbocycles. The number of carbonyl (C=O) groups excluding carboxylic acids is 1. The third-order valence-electron chi connectivity index (χ3n) is 12.1. The van der Waals surface area contributed by atoms with Gasteiger partial charge in [-0.3, -0.25) is 4.98 Å². The smallest absolute Gasteiger partial charge is 0.407 e. The van der Waals surface area contributed by atoms with Crippen LogP contribution in [0.4, 0.5) is 10.6 Å². The van der Waals surface area contributed by atoms with Gasteiger partial charge in [-0.1, -0.05) is 26.8 Å². The summed E-state index contributed by atoms with van der Waals surface area (Å²) in [5.41, 5.74) is 4.14. The molecule has 1 aromatic carbocycles. The van der Waals surface area contributed by atoms with Gasteiger partial charge in [-0.15, -0.1) is 11.3 Å². The second kappa shape index (κ2) is 13.8.